The first kappa shape index (κ1) is 22.1. The Kier molecular flexibility index (Phi) is 5.12. The van der Waals surface area contributed by atoms with E-state index in [0.717, 1.165) is 38.5 Å². The molecule has 2 atom stereocenters. The number of hydrogen-bond donors (Lipinski definition) is 1. The van der Waals surface area contributed by atoms with E-state index in [1.165, 1.54) is 4.88 Å². The number of pyridine rings is 1. The first-order chi connectivity index (χ1) is 16.9. The SMILES string of the molecule is Cc1ccc(-c2nc3cnc4[nH]ccc4c3n2-c2cnn(C3(CC#N)CN(C(C)S(=O)[O-])C3)c2)s1. The molecule has 5 aromatic rings. The van der Waals surface area contributed by atoms with Crippen LogP contribution in [-0.2, 0) is 16.6 Å². The molecule has 0 aromatic carbocycles. The molecule has 1 fully saturated rings. The highest BCUT2D eigenvalue weighted by atomic mass is 32.2. The molecule has 0 saturated carbocycles. The minimum Gasteiger partial charge on any atom is -0.771 e. The van der Waals surface area contributed by atoms with Gasteiger partial charge in [0.05, 0.1) is 46.3 Å². The molecule has 5 aromatic heterocycles. The molecule has 35 heavy (non-hydrogen) atoms. The molecule has 1 aliphatic rings. The van der Waals surface area contributed by atoms with Crippen molar-refractivity contribution in [2.75, 3.05) is 13.1 Å². The number of H-pyrrole nitrogens is 1. The highest BCUT2D eigenvalue weighted by Gasteiger charge is 2.47. The van der Waals surface area contributed by atoms with Crippen LogP contribution in [0, 0.1) is 18.3 Å². The summed E-state index contributed by atoms with van der Waals surface area (Å²) in [6.07, 6.45) is 7.57. The summed E-state index contributed by atoms with van der Waals surface area (Å²) in [5.41, 5.74) is 2.71. The number of fused-ring (bicyclic) bond motifs is 3. The third kappa shape index (κ3) is 3.42. The van der Waals surface area contributed by atoms with E-state index in [1.54, 1.807) is 30.7 Å². The second-order valence-corrected chi connectivity index (χ2v) is 11.4. The van der Waals surface area contributed by atoms with Crippen molar-refractivity contribution in [3.63, 3.8) is 0 Å². The quantitative estimate of drug-likeness (QED) is 0.350. The molecule has 10 nitrogen and oxygen atoms in total. The van der Waals surface area contributed by atoms with E-state index < -0.39 is 22.0 Å². The molecule has 2 unspecified atom stereocenters. The van der Waals surface area contributed by atoms with Crippen LogP contribution in [0.3, 0.4) is 0 Å². The largest absolute Gasteiger partial charge is 0.771 e. The molecule has 0 spiro atoms. The summed E-state index contributed by atoms with van der Waals surface area (Å²) in [6, 6.07) is 8.39. The van der Waals surface area contributed by atoms with E-state index in [-0.39, 0.29) is 6.42 Å². The summed E-state index contributed by atoms with van der Waals surface area (Å²) < 4.78 is 26.8. The van der Waals surface area contributed by atoms with Crippen molar-refractivity contribution >= 4 is 44.5 Å². The van der Waals surface area contributed by atoms with Gasteiger partial charge in [-0.2, -0.15) is 10.4 Å². The van der Waals surface area contributed by atoms with Crippen molar-refractivity contribution in [1.29, 1.82) is 5.26 Å². The Balaban J connectivity index is 1.49. The number of aryl methyl sites for hydroxylation is 1. The lowest BCUT2D eigenvalue weighted by molar-refractivity contribution is -0.00185. The fraction of sp³-hybridized carbons (Fsp3) is 0.304. The van der Waals surface area contributed by atoms with Gasteiger partial charge in [-0.3, -0.25) is 18.4 Å². The number of aromatic amines is 1. The first-order valence-corrected chi connectivity index (χ1v) is 13.0. The van der Waals surface area contributed by atoms with Gasteiger partial charge in [-0.25, -0.2) is 9.97 Å². The van der Waals surface area contributed by atoms with Crippen LogP contribution in [-0.4, -0.2) is 61.4 Å². The smallest absolute Gasteiger partial charge is 0.156 e. The zero-order valence-electron chi connectivity index (χ0n) is 19.0. The van der Waals surface area contributed by atoms with Gasteiger partial charge in [-0.15, -0.1) is 11.3 Å². The monoisotopic (exact) mass is 505 g/mol. The highest BCUT2D eigenvalue weighted by molar-refractivity contribution is 7.79. The van der Waals surface area contributed by atoms with Crippen LogP contribution in [0.5, 0.6) is 0 Å². The fourth-order valence-corrected chi connectivity index (χ4v) is 6.04. The summed E-state index contributed by atoms with van der Waals surface area (Å²) in [5.74, 6) is 0.799. The Labute approximate surface area is 207 Å². The van der Waals surface area contributed by atoms with E-state index in [9.17, 15) is 14.0 Å². The third-order valence-corrected chi connectivity index (χ3v) is 8.52. The number of thiophene rings is 1. The molecule has 178 valence electrons. The average molecular weight is 506 g/mol. The minimum atomic E-state index is -2.21. The van der Waals surface area contributed by atoms with Gasteiger partial charge in [-0.05, 0) is 43.1 Å². The van der Waals surface area contributed by atoms with Crippen LogP contribution in [0.25, 0.3) is 38.5 Å². The van der Waals surface area contributed by atoms with Crippen molar-refractivity contribution in [3.8, 4) is 22.5 Å². The fourth-order valence-electron chi connectivity index (χ4n) is 4.80. The van der Waals surface area contributed by atoms with E-state index in [0.29, 0.717) is 13.1 Å². The first-order valence-electron chi connectivity index (χ1n) is 11.1. The molecule has 1 aliphatic heterocycles. The second-order valence-electron chi connectivity index (χ2n) is 8.88. The number of imidazole rings is 1. The van der Waals surface area contributed by atoms with Gasteiger partial charge < -0.3 is 9.54 Å². The number of nitrogens with zero attached hydrogens (tertiary/aromatic N) is 7. The Morgan fingerprint density at radius 1 is 1.34 bits per heavy atom. The van der Waals surface area contributed by atoms with Gasteiger partial charge in [0.1, 0.15) is 16.7 Å². The average Bonchev–Trinajstić information content (AvgIpc) is 3.59. The van der Waals surface area contributed by atoms with Gasteiger partial charge in [0.25, 0.3) is 0 Å². The van der Waals surface area contributed by atoms with Gasteiger partial charge in [-0.1, -0.05) is 0 Å². The van der Waals surface area contributed by atoms with Crippen LogP contribution in [0.2, 0.25) is 0 Å². The maximum Gasteiger partial charge on any atom is 0.156 e. The summed E-state index contributed by atoms with van der Waals surface area (Å²) >= 11 is -0.538. The zero-order chi connectivity index (χ0) is 24.3. The number of hydrogen-bond acceptors (Lipinski definition) is 8. The van der Waals surface area contributed by atoms with Crippen molar-refractivity contribution in [3.05, 3.63) is 47.9 Å². The van der Waals surface area contributed by atoms with Crippen molar-refractivity contribution < 1.29 is 8.76 Å². The molecule has 1 saturated heterocycles. The van der Waals surface area contributed by atoms with Crippen molar-refractivity contribution in [1.82, 2.24) is 34.2 Å². The van der Waals surface area contributed by atoms with E-state index in [1.807, 2.05) is 28.0 Å². The van der Waals surface area contributed by atoms with Crippen molar-refractivity contribution in [2.24, 2.45) is 0 Å². The van der Waals surface area contributed by atoms with Crippen LogP contribution in [0.1, 0.15) is 18.2 Å². The minimum absolute atomic E-state index is 0.233. The molecule has 6 rings (SSSR count). The number of likely N-dealkylation sites (tertiary alicyclic amines) is 1. The summed E-state index contributed by atoms with van der Waals surface area (Å²) in [7, 11) is 0. The Bertz CT molecular complexity index is 1630. The number of nitriles is 1. The van der Waals surface area contributed by atoms with Crippen LogP contribution in [0.4, 0.5) is 0 Å². The van der Waals surface area contributed by atoms with Crippen LogP contribution in [0.15, 0.2) is 43.0 Å². The molecule has 6 heterocycles. The number of nitrogens with one attached hydrogen (secondary N) is 1. The summed E-state index contributed by atoms with van der Waals surface area (Å²) in [5, 5.41) is 14.5. The van der Waals surface area contributed by atoms with Crippen LogP contribution < -0.4 is 0 Å². The predicted octanol–water partition coefficient (Wildman–Crippen LogP) is 3.28. The second kappa shape index (κ2) is 8.10. The lowest BCUT2D eigenvalue weighted by Crippen LogP contribution is -2.65. The molecule has 12 heteroatoms. The van der Waals surface area contributed by atoms with Gasteiger partial charge in [0, 0.05) is 35.7 Å². The predicted molar refractivity (Wildman–Crippen MR) is 133 cm³/mol. The highest BCUT2D eigenvalue weighted by Crippen LogP contribution is 2.37. The lowest BCUT2D eigenvalue weighted by atomic mass is 9.87. The van der Waals surface area contributed by atoms with Gasteiger partial charge >= 0.3 is 0 Å². The Morgan fingerprint density at radius 3 is 2.89 bits per heavy atom. The van der Waals surface area contributed by atoms with Gasteiger partial charge in [0.2, 0.25) is 0 Å². The summed E-state index contributed by atoms with van der Waals surface area (Å²) in [4.78, 5) is 16.7. The van der Waals surface area contributed by atoms with E-state index >= 15 is 0 Å². The maximum absolute atomic E-state index is 11.4. The molecule has 0 aliphatic carbocycles. The molecular weight excluding hydrogens is 484 g/mol. The topological polar surface area (TPSA) is 131 Å². The normalized spacial score (nSPS) is 17.4. The number of rotatable bonds is 6. The number of aromatic nitrogens is 6. The van der Waals surface area contributed by atoms with Crippen LogP contribution >= 0.6 is 11.3 Å². The van der Waals surface area contributed by atoms with Crippen molar-refractivity contribution in [2.45, 2.75) is 31.2 Å². The lowest BCUT2D eigenvalue weighted by Gasteiger charge is -2.51. The molecule has 1 N–H and O–H groups in total. The van der Waals surface area contributed by atoms with Gasteiger partial charge in [0.15, 0.2) is 5.82 Å². The third-order valence-electron chi connectivity index (χ3n) is 6.67. The van der Waals surface area contributed by atoms with E-state index in [2.05, 4.69) is 44.8 Å². The zero-order valence-corrected chi connectivity index (χ0v) is 20.6. The summed E-state index contributed by atoms with van der Waals surface area (Å²) in [6.45, 7) is 4.58. The Morgan fingerprint density at radius 2 is 2.17 bits per heavy atom. The van der Waals surface area contributed by atoms with E-state index in [4.69, 9.17) is 4.98 Å². The Hall–Kier alpha value is -3.37. The molecule has 0 radical (unpaired) electrons. The molecule has 0 bridgehead atoms. The standard InChI is InChI=1S/C23H22N8O2S2/c1-14-3-4-19(34-14)22-28-18-10-26-21-17(5-8-25-21)20(18)31(22)16-9-27-30(11-16)23(6-7-24)12-29(13-23)15(2)35(32)33/h3-5,8-11,15H,6,12-13H2,1-2H3,(H,25,26)(H,32,33)/p-1. The maximum atomic E-state index is 11.4. The molecule has 0 amide bonds. The molecular formula is C23H21N8O2S2-.